The summed E-state index contributed by atoms with van der Waals surface area (Å²) in [5.41, 5.74) is 0. The molecule has 0 radical (unpaired) electrons. The van der Waals surface area contributed by atoms with E-state index in [1.54, 1.807) is 0 Å². The molecule has 14 heavy (non-hydrogen) atoms. The van der Waals surface area contributed by atoms with E-state index in [1.807, 2.05) is 0 Å². The molecule has 0 aliphatic carbocycles. The van der Waals surface area contributed by atoms with Crippen molar-refractivity contribution in [3.8, 4) is 0 Å². The van der Waals surface area contributed by atoms with Gasteiger partial charge in [0.1, 0.15) is 0 Å². The van der Waals surface area contributed by atoms with Crippen molar-refractivity contribution in [3.63, 3.8) is 0 Å². The molecule has 0 amide bonds. The van der Waals surface area contributed by atoms with Crippen LogP contribution in [0.4, 0.5) is 0 Å². The molecule has 1 saturated heterocycles. The highest BCUT2D eigenvalue weighted by Gasteiger charge is 2.14. The molecule has 84 valence electrons. The van der Waals surface area contributed by atoms with E-state index in [0.717, 1.165) is 12.0 Å². The minimum Gasteiger partial charge on any atom is -0.316 e. The van der Waals surface area contributed by atoms with E-state index in [2.05, 4.69) is 31.1 Å². The van der Waals surface area contributed by atoms with Crippen LogP contribution in [0.2, 0.25) is 0 Å². The SMILES string of the molecule is CCC(C)N(C)CCCC1CCNC1. The maximum absolute atomic E-state index is 3.43. The fourth-order valence-corrected chi connectivity index (χ4v) is 2.12. The molecule has 0 aromatic carbocycles. The van der Waals surface area contributed by atoms with Crippen molar-refractivity contribution >= 4 is 0 Å². The molecule has 1 fully saturated rings. The van der Waals surface area contributed by atoms with Crippen LogP contribution in [0.15, 0.2) is 0 Å². The molecule has 0 saturated carbocycles. The number of nitrogens with zero attached hydrogens (tertiary/aromatic N) is 1. The molecule has 0 aromatic heterocycles. The lowest BCUT2D eigenvalue weighted by Crippen LogP contribution is -2.29. The third-order valence-corrected chi connectivity index (χ3v) is 3.63. The van der Waals surface area contributed by atoms with Crippen LogP contribution < -0.4 is 5.32 Å². The van der Waals surface area contributed by atoms with Gasteiger partial charge in [0.15, 0.2) is 0 Å². The number of hydrogen-bond donors (Lipinski definition) is 1. The van der Waals surface area contributed by atoms with E-state index >= 15 is 0 Å². The molecule has 1 N–H and O–H groups in total. The van der Waals surface area contributed by atoms with Crippen LogP contribution in [0.1, 0.15) is 39.5 Å². The Morgan fingerprint density at radius 1 is 1.50 bits per heavy atom. The van der Waals surface area contributed by atoms with Gasteiger partial charge in [0, 0.05) is 6.04 Å². The van der Waals surface area contributed by atoms with Crippen molar-refractivity contribution in [2.45, 2.75) is 45.6 Å². The van der Waals surface area contributed by atoms with Gasteiger partial charge in [-0.05, 0) is 65.2 Å². The molecular weight excluding hydrogens is 172 g/mol. The Labute approximate surface area is 89.1 Å². The first-order chi connectivity index (χ1) is 6.74. The molecule has 0 aromatic rings. The predicted molar refractivity (Wildman–Crippen MR) is 62.6 cm³/mol. The maximum Gasteiger partial charge on any atom is 0.00612 e. The lowest BCUT2D eigenvalue weighted by Gasteiger charge is -2.23. The van der Waals surface area contributed by atoms with E-state index in [1.165, 1.54) is 45.3 Å². The van der Waals surface area contributed by atoms with E-state index < -0.39 is 0 Å². The third kappa shape index (κ3) is 3.97. The molecular formula is C12H26N2. The third-order valence-electron chi connectivity index (χ3n) is 3.63. The van der Waals surface area contributed by atoms with E-state index in [9.17, 15) is 0 Å². The van der Waals surface area contributed by atoms with Crippen molar-refractivity contribution in [2.24, 2.45) is 5.92 Å². The minimum atomic E-state index is 0.747. The molecule has 0 bridgehead atoms. The predicted octanol–water partition coefficient (Wildman–Crippen LogP) is 2.11. The second-order valence-corrected chi connectivity index (χ2v) is 4.74. The first kappa shape index (κ1) is 12.0. The highest BCUT2D eigenvalue weighted by molar-refractivity contribution is 4.71. The highest BCUT2D eigenvalue weighted by atomic mass is 15.1. The summed E-state index contributed by atoms with van der Waals surface area (Å²) in [6.07, 6.45) is 5.44. The maximum atomic E-state index is 3.43. The summed E-state index contributed by atoms with van der Waals surface area (Å²) in [5.74, 6) is 0.959. The van der Waals surface area contributed by atoms with Gasteiger partial charge in [0.25, 0.3) is 0 Å². The van der Waals surface area contributed by atoms with Gasteiger partial charge in [-0.25, -0.2) is 0 Å². The largest absolute Gasteiger partial charge is 0.316 e. The summed E-state index contributed by atoms with van der Waals surface area (Å²) in [5, 5.41) is 3.43. The van der Waals surface area contributed by atoms with Crippen molar-refractivity contribution in [3.05, 3.63) is 0 Å². The molecule has 0 spiro atoms. The van der Waals surface area contributed by atoms with Gasteiger partial charge in [0.2, 0.25) is 0 Å². The average Bonchev–Trinajstić information content (AvgIpc) is 2.69. The Morgan fingerprint density at radius 2 is 2.29 bits per heavy atom. The molecule has 2 unspecified atom stereocenters. The van der Waals surface area contributed by atoms with E-state index in [4.69, 9.17) is 0 Å². The van der Waals surface area contributed by atoms with E-state index in [-0.39, 0.29) is 0 Å². The zero-order valence-electron chi connectivity index (χ0n) is 10.1. The zero-order valence-corrected chi connectivity index (χ0v) is 10.1. The van der Waals surface area contributed by atoms with Gasteiger partial charge in [-0.3, -0.25) is 0 Å². The van der Waals surface area contributed by atoms with Crippen LogP contribution in [0.3, 0.4) is 0 Å². The van der Waals surface area contributed by atoms with E-state index in [0.29, 0.717) is 0 Å². The fraction of sp³-hybridized carbons (Fsp3) is 1.00. The first-order valence-electron chi connectivity index (χ1n) is 6.15. The lowest BCUT2D eigenvalue weighted by molar-refractivity contribution is 0.242. The van der Waals surface area contributed by atoms with Crippen molar-refractivity contribution < 1.29 is 0 Å². The summed E-state index contributed by atoms with van der Waals surface area (Å²) >= 11 is 0. The molecule has 2 atom stereocenters. The molecule has 2 heteroatoms. The number of hydrogen-bond acceptors (Lipinski definition) is 2. The van der Waals surface area contributed by atoms with Gasteiger partial charge in [-0.2, -0.15) is 0 Å². The molecule has 2 nitrogen and oxygen atoms in total. The Morgan fingerprint density at radius 3 is 2.86 bits per heavy atom. The summed E-state index contributed by atoms with van der Waals surface area (Å²) in [4.78, 5) is 2.49. The van der Waals surface area contributed by atoms with Crippen LogP contribution in [-0.4, -0.2) is 37.6 Å². The van der Waals surface area contributed by atoms with Crippen LogP contribution in [0.5, 0.6) is 0 Å². The van der Waals surface area contributed by atoms with Crippen molar-refractivity contribution in [1.82, 2.24) is 10.2 Å². The summed E-state index contributed by atoms with van der Waals surface area (Å²) in [7, 11) is 2.25. The van der Waals surface area contributed by atoms with Crippen LogP contribution >= 0.6 is 0 Å². The quantitative estimate of drug-likeness (QED) is 0.703. The smallest absolute Gasteiger partial charge is 0.00612 e. The van der Waals surface area contributed by atoms with Gasteiger partial charge in [-0.1, -0.05) is 6.92 Å². The summed E-state index contributed by atoms with van der Waals surface area (Å²) in [6.45, 7) is 8.35. The zero-order chi connectivity index (χ0) is 10.4. The Hall–Kier alpha value is -0.0800. The Balaban J connectivity index is 2.02. The topological polar surface area (TPSA) is 15.3 Å². The average molecular weight is 198 g/mol. The van der Waals surface area contributed by atoms with Crippen molar-refractivity contribution in [2.75, 3.05) is 26.7 Å². The van der Waals surface area contributed by atoms with Gasteiger partial charge in [0.05, 0.1) is 0 Å². The van der Waals surface area contributed by atoms with Crippen LogP contribution in [0, 0.1) is 5.92 Å². The summed E-state index contributed by atoms with van der Waals surface area (Å²) in [6, 6.07) is 0.747. The first-order valence-corrected chi connectivity index (χ1v) is 6.15. The Bertz CT molecular complexity index is 141. The number of rotatable bonds is 6. The monoisotopic (exact) mass is 198 g/mol. The highest BCUT2D eigenvalue weighted by Crippen LogP contribution is 2.14. The van der Waals surface area contributed by atoms with Crippen molar-refractivity contribution in [1.29, 1.82) is 0 Å². The van der Waals surface area contributed by atoms with Gasteiger partial charge >= 0.3 is 0 Å². The Kier molecular flexibility index (Phi) is 5.49. The minimum absolute atomic E-state index is 0.747. The second-order valence-electron chi connectivity index (χ2n) is 4.74. The second kappa shape index (κ2) is 6.41. The van der Waals surface area contributed by atoms with Crippen LogP contribution in [-0.2, 0) is 0 Å². The van der Waals surface area contributed by atoms with Crippen LogP contribution in [0.25, 0.3) is 0 Å². The standard InChI is InChI=1S/C12H26N2/c1-4-11(2)14(3)9-5-6-12-7-8-13-10-12/h11-13H,4-10H2,1-3H3. The molecule has 1 aliphatic heterocycles. The molecule has 1 aliphatic rings. The fourth-order valence-electron chi connectivity index (χ4n) is 2.12. The normalized spacial score (nSPS) is 24.4. The molecule has 1 heterocycles. The summed E-state index contributed by atoms with van der Waals surface area (Å²) < 4.78 is 0. The number of nitrogens with one attached hydrogen (secondary N) is 1. The van der Waals surface area contributed by atoms with Gasteiger partial charge < -0.3 is 10.2 Å². The lowest BCUT2D eigenvalue weighted by atomic mass is 10.0. The van der Waals surface area contributed by atoms with Gasteiger partial charge in [-0.15, -0.1) is 0 Å². The molecule has 1 rings (SSSR count).